The smallest absolute Gasteiger partial charge is 0.242 e. The molecule has 7 nitrogen and oxygen atoms in total. The van der Waals surface area contributed by atoms with E-state index >= 15 is 0 Å². The highest BCUT2D eigenvalue weighted by molar-refractivity contribution is 7.80. The Balaban J connectivity index is 1.54. The minimum atomic E-state index is -0.0165. The van der Waals surface area contributed by atoms with Crippen LogP contribution in [0.4, 0.5) is 5.95 Å². The molecule has 1 N–H and O–H groups in total. The van der Waals surface area contributed by atoms with E-state index in [9.17, 15) is 4.79 Å². The lowest BCUT2D eigenvalue weighted by Gasteiger charge is -2.45. The molecule has 0 aliphatic carbocycles. The van der Waals surface area contributed by atoms with E-state index in [-0.39, 0.29) is 17.5 Å². The SMILES string of the molecule is C[C@H]1CC(C)(C)NC(=S)N1CC(=O)N1CCN(c2ncccn2)CC1. The Hall–Kier alpha value is -1.96. The Morgan fingerprint density at radius 2 is 1.92 bits per heavy atom. The molecule has 2 saturated heterocycles. The molecule has 0 spiro atoms. The van der Waals surface area contributed by atoms with Gasteiger partial charge in [-0.2, -0.15) is 0 Å². The van der Waals surface area contributed by atoms with Crippen LogP contribution >= 0.6 is 12.2 Å². The summed E-state index contributed by atoms with van der Waals surface area (Å²) < 4.78 is 0. The summed E-state index contributed by atoms with van der Waals surface area (Å²) in [5.41, 5.74) is -0.0165. The van der Waals surface area contributed by atoms with E-state index in [0.717, 1.165) is 25.5 Å². The van der Waals surface area contributed by atoms with Gasteiger partial charge in [-0.25, -0.2) is 9.97 Å². The van der Waals surface area contributed by atoms with Gasteiger partial charge in [0.15, 0.2) is 5.11 Å². The summed E-state index contributed by atoms with van der Waals surface area (Å²) in [7, 11) is 0. The van der Waals surface area contributed by atoms with Crippen LogP contribution in [0.3, 0.4) is 0 Å². The van der Waals surface area contributed by atoms with E-state index < -0.39 is 0 Å². The summed E-state index contributed by atoms with van der Waals surface area (Å²) in [4.78, 5) is 27.3. The average molecular weight is 363 g/mol. The first-order valence-corrected chi connectivity index (χ1v) is 9.15. The number of thiocarbonyl (C=S) groups is 1. The molecule has 136 valence electrons. The number of nitrogens with zero attached hydrogens (tertiary/aromatic N) is 5. The standard InChI is InChI=1S/C17H26N6OS/c1-13-11-17(2,3)20-16(25)23(13)12-14(24)21-7-9-22(10-8-21)15-18-5-4-6-19-15/h4-6,13H,7-12H2,1-3H3,(H,20,25)/t13-/m0/s1. The molecule has 8 heteroatoms. The van der Waals surface area contributed by atoms with Crippen molar-refractivity contribution in [1.82, 2.24) is 25.1 Å². The molecule has 2 aliphatic rings. The quantitative estimate of drug-likeness (QED) is 0.801. The topological polar surface area (TPSA) is 64.6 Å². The van der Waals surface area contributed by atoms with Crippen molar-refractivity contribution in [2.45, 2.75) is 38.8 Å². The molecule has 0 saturated carbocycles. The Morgan fingerprint density at radius 1 is 1.28 bits per heavy atom. The van der Waals surface area contributed by atoms with Crippen molar-refractivity contribution >= 4 is 29.2 Å². The molecule has 0 radical (unpaired) electrons. The fourth-order valence-corrected chi connectivity index (χ4v) is 4.07. The number of anilines is 1. The summed E-state index contributed by atoms with van der Waals surface area (Å²) in [6.45, 7) is 9.62. The predicted octanol–water partition coefficient (Wildman–Crippen LogP) is 0.873. The highest BCUT2D eigenvalue weighted by atomic mass is 32.1. The number of amides is 1. The van der Waals surface area contributed by atoms with E-state index in [0.29, 0.717) is 24.7 Å². The molecule has 1 aromatic heterocycles. The number of nitrogens with one attached hydrogen (secondary N) is 1. The van der Waals surface area contributed by atoms with Gasteiger partial charge in [-0.05, 0) is 45.5 Å². The van der Waals surface area contributed by atoms with Crippen LogP contribution < -0.4 is 10.2 Å². The van der Waals surface area contributed by atoms with Gasteiger partial charge in [0.05, 0.1) is 6.54 Å². The Labute approximate surface area is 154 Å². The monoisotopic (exact) mass is 362 g/mol. The molecule has 1 atom stereocenters. The average Bonchev–Trinajstić information content (AvgIpc) is 2.58. The molecule has 1 amide bonds. The third-order valence-corrected chi connectivity index (χ3v) is 5.15. The van der Waals surface area contributed by atoms with E-state index in [4.69, 9.17) is 12.2 Å². The van der Waals surface area contributed by atoms with Crippen LogP contribution in [0.2, 0.25) is 0 Å². The zero-order valence-electron chi connectivity index (χ0n) is 15.1. The molecule has 2 fully saturated rings. The van der Waals surface area contributed by atoms with Gasteiger partial charge in [-0.15, -0.1) is 0 Å². The fraction of sp³-hybridized carbons (Fsp3) is 0.647. The molecular formula is C17H26N6OS. The van der Waals surface area contributed by atoms with Crippen LogP contribution in [0.25, 0.3) is 0 Å². The lowest BCUT2D eigenvalue weighted by Crippen LogP contribution is -2.62. The second-order valence-corrected chi connectivity index (χ2v) is 7.80. The predicted molar refractivity (Wildman–Crippen MR) is 101 cm³/mol. The maximum absolute atomic E-state index is 12.7. The molecule has 25 heavy (non-hydrogen) atoms. The molecule has 0 bridgehead atoms. The number of carbonyl (C=O) groups is 1. The largest absolute Gasteiger partial charge is 0.358 e. The summed E-state index contributed by atoms with van der Waals surface area (Å²) in [6.07, 6.45) is 4.44. The van der Waals surface area contributed by atoms with Gasteiger partial charge in [0.2, 0.25) is 11.9 Å². The van der Waals surface area contributed by atoms with Crippen molar-refractivity contribution in [2.75, 3.05) is 37.6 Å². The summed E-state index contributed by atoms with van der Waals surface area (Å²) in [6, 6.07) is 2.06. The summed E-state index contributed by atoms with van der Waals surface area (Å²) in [5.74, 6) is 0.858. The van der Waals surface area contributed by atoms with Gasteiger partial charge in [0.1, 0.15) is 0 Å². The molecule has 3 rings (SSSR count). The van der Waals surface area contributed by atoms with Crippen LogP contribution in [0, 0.1) is 0 Å². The fourth-order valence-electron chi connectivity index (χ4n) is 3.54. The zero-order valence-corrected chi connectivity index (χ0v) is 15.9. The van der Waals surface area contributed by atoms with Crippen LogP contribution in [0.1, 0.15) is 27.2 Å². The first-order chi connectivity index (χ1) is 11.9. The summed E-state index contributed by atoms with van der Waals surface area (Å²) in [5, 5.41) is 4.01. The van der Waals surface area contributed by atoms with Gasteiger partial charge < -0.3 is 20.0 Å². The molecule has 3 heterocycles. The minimum Gasteiger partial charge on any atom is -0.358 e. The van der Waals surface area contributed by atoms with Crippen molar-refractivity contribution in [1.29, 1.82) is 0 Å². The Morgan fingerprint density at radius 3 is 2.52 bits per heavy atom. The second-order valence-electron chi connectivity index (χ2n) is 7.41. The second kappa shape index (κ2) is 7.11. The number of hydrogen-bond donors (Lipinski definition) is 1. The lowest BCUT2D eigenvalue weighted by molar-refractivity contribution is -0.132. The van der Waals surface area contributed by atoms with Gasteiger partial charge in [0, 0.05) is 50.2 Å². The van der Waals surface area contributed by atoms with Gasteiger partial charge in [0.25, 0.3) is 0 Å². The van der Waals surface area contributed by atoms with Crippen molar-refractivity contribution < 1.29 is 4.79 Å². The van der Waals surface area contributed by atoms with Crippen LogP contribution in [0.5, 0.6) is 0 Å². The normalized spacial score (nSPS) is 23.4. The number of carbonyl (C=O) groups excluding carboxylic acids is 1. The van der Waals surface area contributed by atoms with Gasteiger partial charge in [-0.1, -0.05) is 0 Å². The van der Waals surface area contributed by atoms with Crippen molar-refractivity contribution in [3.05, 3.63) is 18.5 Å². The van der Waals surface area contributed by atoms with Gasteiger partial charge >= 0.3 is 0 Å². The van der Waals surface area contributed by atoms with E-state index in [2.05, 4.69) is 41.0 Å². The maximum Gasteiger partial charge on any atom is 0.242 e. The van der Waals surface area contributed by atoms with E-state index in [1.807, 2.05) is 9.80 Å². The highest BCUT2D eigenvalue weighted by Gasteiger charge is 2.35. The first-order valence-electron chi connectivity index (χ1n) is 8.74. The maximum atomic E-state index is 12.7. The molecule has 0 aromatic carbocycles. The van der Waals surface area contributed by atoms with Crippen LogP contribution in [-0.2, 0) is 4.79 Å². The number of rotatable bonds is 3. The summed E-state index contributed by atoms with van der Waals surface area (Å²) >= 11 is 5.47. The number of hydrogen-bond acceptors (Lipinski definition) is 5. The number of piperazine rings is 1. The van der Waals surface area contributed by atoms with Gasteiger partial charge in [-0.3, -0.25) is 4.79 Å². The van der Waals surface area contributed by atoms with Crippen molar-refractivity contribution in [3.63, 3.8) is 0 Å². The first kappa shape index (κ1) is 17.8. The lowest BCUT2D eigenvalue weighted by atomic mass is 9.93. The van der Waals surface area contributed by atoms with E-state index in [1.54, 1.807) is 18.5 Å². The zero-order chi connectivity index (χ0) is 18.0. The van der Waals surface area contributed by atoms with Crippen LogP contribution in [0.15, 0.2) is 18.5 Å². The Bertz CT molecular complexity index is 629. The minimum absolute atomic E-state index is 0.0165. The van der Waals surface area contributed by atoms with Crippen LogP contribution in [-0.4, -0.2) is 75.1 Å². The number of aromatic nitrogens is 2. The van der Waals surface area contributed by atoms with E-state index in [1.165, 1.54) is 0 Å². The molecule has 2 aliphatic heterocycles. The Kier molecular flexibility index (Phi) is 5.08. The third kappa shape index (κ3) is 4.18. The molecule has 1 aromatic rings. The van der Waals surface area contributed by atoms with Crippen molar-refractivity contribution in [2.24, 2.45) is 0 Å². The van der Waals surface area contributed by atoms with Crippen molar-refractivity contribution in [3.8, 4) is 0 Å². The molecule has 0 unspecified atom stereocenters. The molecular weight excluding hydrogens is 336 g/mol. The third-order valence-electron chi connectivity index (χ3n) is 4.82. The highest BCUT2D eigenvalue weighted by Crippen LogP contribution is 2.22.